The molecule has 0 bridgehead atoms. The molecule has 0 aliphatic heterocycles. The van der Waals surface area contributed by atoms with E-state index < -0.39 is 0 Å². The molecule has 110 valence electrons. The molecule has 0 aliphatic rings. The van der Waals surface area contributed by atoms with Gasteiger partial charge in [-0.25, -0.2) is 4.79 Å². The number of nitrogens with zero attached hydrogens (tertiary/aromatic N) is 2. The van der Waals surface area contributed by atoms with Crippen LogP contribution in [0.5, 0.6) is 0 Å². The second-order valence-corrected chi connectivity index (χ2v) is 6.02. The molecule has 0 aliphatic carbocycles. The molecule has 1 heterocycles. The Bertz CT molecular complexity index is 666. The van der Waals surface area contributed by atoms with Gasteiger partial charge in [0.15, 0.2) is 0 Å². The third kappa shape index (κ3) is 2.29. The first kappa shape index (κ1) is 14.9. The van der Waals surface area contributed by atoms with Crippen molar-refractivity contribution in [3.63, 3.8) is 0 Å². The van der Waals surface area contributed by atoms with Crippen LogP contribution in [0.15, 0.2) is 23.0 Å². The number of nitrogens with one attached hydrogen (secondary N) is 1. The predicted molar refractivity (Wildman–Crippen MR) is 84.0 cm³/mol. The minimum absolute atomic E-state index is 0.0232. The zero-order valence-corrected chi connectivity index (χ0v) is 13.3. The normalized spacial score (nSPS) is 14.9. The van der Waals surface area contributed by atoms with Crippen molar-refractivity contribution >= 4 is 11.0 Å². The average molecular weight is 275 g/mol. The highest BCUT2D eigenvalue weighted by Gasteiger charge is 2.21. The van der Waals surface area contributed by atoms with Crippen LogP contribution < -0.4 is 11.0 Å². The number of fused-ring (bicyclic) bond motifs is 1. The summed E-state index contributed by atoms with van der Waals surface area (Å²) in [4.78, 5) is 12.0. The van der Waals surface area contributed by atoms with E-state index in [1.54, 1.807) is 9.13 Å². The molecule has 4 nitrogen and oxygen atoms in total. The Hall–Kier alpha value is -1.55. The van der Waals surface area contributed by atoms with E-state index in [0.29, 0.717) is 17.9 Å². The van der Waals surface area contributed by atoms with Crippen LogP contribution in [0.25, 0.3) is 11.0 Å². The molecule has 0 amide bonds. The van der Waals surface area contributed by atoms with Gasteiger partial charge in [0, 0.05) is 20.1 Å². The molecule has 1 aromatic carbocycles. The van der Waals surface area contributed by atoms with Gasteiger partial charge in [-0.05, 0) is 36.6 Å². The number of hydrogen-bond acceptors (Lipinski definition) is 2. The third-order valence-corrected chi connectivity index (χ3v) is 4.54. The third-order valence-electron chi connectivity index (χ3n) is 4.54. The van der Waals surface area contributed by atoms with Gasteiger partial charge in [0.2, 0.25) is 0 Å². The fraction of sp³-hybridized carbons (Fsp3) is 0.562. The van der Waals surface area contributed by atoms with Crippen LogP contribution in [-0.2, 0) is 14.1 Å². The van der Waals surface area contributed by atoms with Gasteiger partial charge in [0.05, 0.1) is 11.0 Å². The second kappa shape index (κ2) is 5.44. The van der Waals surface area contributed by atoms with Crippen molar-refractivity contribution in [1.82, 2.24) is 14.5 Å². The molecule has 0 saturated carbocycles. The summed E-state index contributed by atoms with van der Waals surface area (Å²) in [5.41, 5.74) is 3.23. The van der Waals surface area contributed by atoms with Crippen LogP contribution in [0.3, 0.4) is 0 Å². The molecule has 2 atom stereocenters. The number of aryl methyl sites for hydroxylation is 2. The Kier molecular flexibility index (Phi) is 4.04. The molecular weight excluding hydrogens is 250 g/mol. The lowest BCUT2D eigenvalue weighted by atomic mass is 9.86. The molecule has 0 spiro atoms. The van der Waals surface area contributed by atoms with Crippen molar-refractivity contribution in [2.75, 3.05) is 7.05 Å². The molecule has 4 heteroatoms. The molecule has 0 fully saturated rings. The van der Waals surface area contributed by atoms with Crippen LogP contribution in [0.2, 0.25) is 0 Å². The van der Waals surface area contributed by atoms with Crippen LogP contribution in [0.4, 0.5) is 0 Å². The number of hydrogen-bond donors (Lipinski definition) is 1. The highest BCUT2D eigenvalue weighted by Crippen LogP contribution is 2.29. The van der Waals surface area contributed by atoms with E-state index in [1.807, 2.05) is 27.2 Å². The summed E-state index contributed by atoms with van der Waals surface area (Å²) in [6.07, 6.45) is 0. The lowest BCUT2D eigenvalue weighted by Crippen LogP contribution is -2.26. The minimum Gasteiger partial charge on any atom is -0.313 e. The minimum atomic E-state index is 0.0232. The quantitative estimate of drug-likeness (QED) is 0.931. The van der Waals surface area contributed by atoms with Gasteiger partial charge in [0.25, 0.3) is 0 Å². The van der Waals surface area contributed by atoms with Crippen molar-refractivity contribution < 1.29 is 0 Å². The summed E-state index contributed by atoms with van der Waals surface area (Å²) >= 11 is 0. The first-order chi connectivity index (χ1) is 9.38. The van der Waals surface area contributed by atoms with E-state index in [0.717, 1.165) is 11.0 Å². The van der Waals surface area contributed by atoms with Crippen LogP contribution >= 0.6 is 0 Å². The van der Waals surface area contributed by atoms with Crippen LogP contribution in [0, 0.1) is 11.8 Å². The summed E-state index contributed by atoms with van der Waals surface area (Å²) in [7, 11) is 5.64. The van der Waals surface area contributed by atoms with Crippen molar-refractivity contribution in [2.24, 2.45) is 25.9 Å². The smallest absolute Gasteiger partial charge is 0.313 e. The van der Waals surface area contributed by atoms with Crippen LogP contribution in [-0.4, -0.2) is 16.2 Å². The fourth-order valence-corrected chi connectivity index (χ4v) is 2.84. The van der Waals surface area contributed by atoms with Crippen molar-refractivity contribution in [3.8, 4) is 0 Å². The Morgan fingerprint density at radius 3 is 2.20 bits per heavy atom. The van der Waals surface area contributed by atoms with E-state index in [2.05, 4.69) is 38.2 Å². The monoisotopic (exact) mass is 275 g/mol. The Morgan fingerprint density at radius 2 is 1.65 bits per heavy atom. The molecule has 2 unspecified atom stereocenters. The standard InChI is InChI=1S/C16H25N3O/c1-10(2)11(3)15(17-4)12-7-8-13-14(9-12)19(6)16(20)18(13)5/h7-11,15,17H,1-6H3. The SMILES string of the molecule is CNC(c1ccc2c(c1)n(C)c(=O)n2C)C(C)C(C)C. The van der Waals surface area contributed by atoms with Gasteiger partial charge >= 0.3 is 5.69 Å². The maximum absolute atomic E-state index is 12.0. The molecule has 2 aromatic rings. The summed E-state index contributed by atoms with van der Waals surface area (Å²) in [6.45, 7) is 6.75. The Morgan fingerprint density at radius 1 is 1.05 bits per heavy atom. The molecule has 1 aromatic heterocycles. The molecule has 20 heavy (non-hydrogen) atoms. The Balaban J connectivity index is 2.56. The largest absolute Gasteiger partial charge is 0.328 e. The molecule has 1 N–H and O–H groups in total. The van der Waals surface area contributed by atoms with Crippen molar-refractivity contribution in [1.29, 1.82) is 0 Å². The predicted octanol–water partition coefficient (Wildman–Crippen LogP) is 2.43. The van der Waals surface area contributed by atoms with E-state index in [1.165, 1.54) is 5.56 Å². The topological polar surface area (TPSA) is 39.0 Å². The molecule has 0 saturated heterocycles. The fourth-order valence-electron chi connectivity index (χ4n) is 2.84. The lowest BCUT2D eigenvalue weighted by Gasteiger charge is -2.27. The van der Waals surface area contributed by atoms with Crippen molar-refractivity contribution in [2.45, 2.75) is 26.8 Å². The van der Waals surface area contributed by atoms with Crippen LogP contribution in [0.1, 0.15) is 32.4 Å². The summed E-state index contributed by atoms with van der Waals surface area (Å²) < 4.78 is 3.41. The highest BCUT2D eigenvalue weighted by molar-refractivity contribution is 5.77. The first-order valence-corrected chi connectivity index (χ1v) is 7.21. The van der Waals surface area contributed by atoms with Gasteiger partial charge < -0.3 is 5.32 Å². The summed E-state index contributed by atoms with van der Waals surface area (Å²) in [6, 6.07) is 6.61. The zero-order chi connectivity index (χ0) is 15.0. The lowest BCUT2D eigenvalue weighted by molar-refractivity contribution is 0.317. The number of benzene rings is 1. The van der Waals surface area contributed by atoms with E-state index in [4.69, 9.17) is 0 Å². The number of rotatable bonds is 4. The van der Waals surface area contributed by atoms with Gasteiger partial charge in [-0.15, -0.1) is 0 Å². The highest BCUT2D eigenvalue weighted by atomic mass is 16.1. The molecular formula is C16H25N3O. The maximum Gasteiger partial charge on any atom is 0.328 e. The average Bonchev–Trinajstić information content (AvgIpc) is 2.64. The number of aromatic nitrogens is 2. The Labute approximate surface area is 120 Å². The van der Waals surface area contributed by atoms with Gasteiger partial charge in [-0.1, -0.05) is 26.8 Å². The number of imidazole rings is 1. The second-order valence-electron chi connectivity index (χ2n) is 6.02. The van der Waals surface area contributed by atoms with Gasteiger partial charge in [-0.3, -0.25) is 9.13 Å². The van der Waals surface area contributed by atoms with Gasteiger partial charge in [0.1, 0.15) is 0 Å². The zero-order valence-electron chi connectivity index (χ0n) is 13.3. The molecule has 2 rings (SSSR count). The summed E-state index contributed by atoms with van der Waals surface area (Å²) in [5.74, 6) is 1.13. The first-order valence-electron chi connectivity index (χ1n) is 7.21. The van der Waals surface area contributed by atoms with Crippen molar-refractivity contribution in [3.05, 3.63) is 34.2 Å². The van der Waals surface area contributed by atoms with E-state index in [-0.39, 0.29) is 5.69 Å². The van der Waals surface area contributed by atoms with E-state index >= 15 is 0 Å². The molecule has 0 radical (unpaired) electrons. The maximum atomic E-state index is 12.0. The summed E-state index contributed by atoms with van der Waals surface area (Å²) in [5, 5.41) is 3.41. The van der Waals surface area contributed by atoms with Gasteiger partial charge in [-0.2, -0.15) is 0 Å². The van der Waals surface area contributed by atoms with E-state index in [9.17, 15) is 4.79 Å².